The molecule has 8 N–H and O–H groups in total. The summed E-state index contributed by atoms with van der Waals surface area (Å²) >= 11 is 0. The molecule has 0 bridgehead atoms. The maximum Gasteiger partial charge on any atom is 0.323 e. The second-order valence-electron chi connectivity index (χ2n) is 10.8. The molecule has 3 amide bonds. The summed E-state index contributed by atoms with van der Waals surface area (Å²) in [5.41, 5.74) is 3.25. The number of carbonyl (C=O) groups excluding carboxylic acids is 4. The van der Waals surface area contributed by atoms with Crippen LogP contribution < -0.4 is 16.4 Å². The first-order valence-corrected chi connectivity index (χ1v) is 13.1. The molecule has 0 aliphatic heterocycles. The van der Waals surface area contributed by atoms with E-state index in [0.29, 0.717) is 11.3 Å². The number of primary amides is 1. The predicted molar refractivity (Wildman–Crippen MR) is 148 cm³/mol. The smallest absolute Gasteiger partial charge is 0.323 e. The molecule has 11 nitrogen and oxygen atoms in total. The van der Waals surface area contributed by atoms with Gasteiger partial charge < -0.3 is 36.8 Å². The quantitative estimate of drug-likeness (QED) is 0.188. The van der Waals surface area contributed by atoms with Crippen LogP contribution in [0.5, 0.6) is 5.75 Å². The predicted octanol–water partition coefficient (Wildman–Crippen LogP) is 2.39. The highest BCUT2D eigenvalue weighted by Gasteiger charge is 2.63. The number of phenolic OH excluding ortho intramolecular Hbond substituents is 1. The number of aliphatic hydroxyl groups excluding tert-OH is 2. The molecule has 41 heavy (non-hydrogen) atoms. The van der Waals surface area contributed by atoms with Crippen LogP contribution in [0.15, 0.2) is 60.2 Å². The average molecular weight is 558 g/mol. The molecule has 3 aromatic carbocycles. The summed E-state index contributed by atoms with van der Waals surface area (Å²) in [6.45, 7) is 0. The fourth-order valence-corrected chi connectivity index (χ4v) is 6.61. The number of urea groups is 1. The van der Waals surface area contributed by atoms with Gasteiger partial charge >= 0.3 is 6.03 Å². The van der Waals surface area contributed by atoms with Crippen LogP contribution in [0.2, 0.25) is 0 Å². The minimum Gasteiger partial charge on any atom is -0.507 e. The highest BCUT2D eigenvalue weighted by molar-refractivity contribution is 6.24. The van der Waals surface area contributed by atoms with Crippen molar-refractivity contribution in [3.05, 3.63) is 71.3 Å². The molecule has 0 radical (unpaired) electrons. The summed E-state index contributed by atoms with van der Waals surface area (Å²) in [6, 6.07) is 15.3. The molecular weight excluding hydrogens is 530 g/mol. The Hall–Kier alpha value is -4.74. The number of phenols is 1. The van der Waals surface area contributed by atoms with Crippen molar-refractivity contribution in [2.45, 2.75) is 31.0 Å². The number of amides is 3. The van der Waals surface area contributed by atoms with E-state index in [2.05, 4.69) is 10.6 Å². The number of aromatic hydroxyl groups is 1. The lowest BCUT2D eigenvalue weighted by molar-refractivity contribution is -0.174. The van der Waals surface area contributed by atoms with Gasteiger partial charge in [-0.1, -0.05) is 42.5 Å². The Morgan fingerprint density at radius 1 is 0.927 bits per heavy atom. The van der Waals surface area contributed by atoms with Gasteiger partial charge in [0.05, 0.1) is 23.0 Å². The molecule has 3 aliphatic carbocycles. The van der Waals surface area contributed by atoms with E-state index in [1.165, 1.54) is 6.07 Å². The van der Waals surface area contributed by atoms with Crippen LogP contribution in [-0.2, 0) is 20.8 Å². The van der Waals surface area contributed by atoms with Crippen molar-refractivity contribution < 1.29 is 39.6 Å². The first-order valence-electron chi connectivity index (χ1n) is 13.1. The second-order valence-corrected chi connectivity index (χ2v) is 10.8. The zero-order chi connectivity index (χ0) is 29.2. The maximum atomic E-state index is 13.6. The van der Waals surface area contributed by atoms with E-state index in [-0.39, 0.29) is 36.1 Å². The SMILES string of the molecule is NC(=O)C1C(=O)[C@@]2(O)C(=O)C3=C(O)c4c(ccc(NC(=O)Nc5cccc6ccccc56)c4O)C[C@H]3C[C@H]2CC1O. The number of hydrogen-bond donors (Lipinski definition) is 7. The molecule has 6 rings (SSSR count). The molecule has 5 atom stereocenters. The number of fused-ring (bicyclic) bond motifs is 4. The number of rotatable bonds is 3. The number of nitrogens with two attached hydrogens (primary N) is 1. The fraction of sp³-hybridized carbons (Fsp3) is 0.267. The van der Waals surface area contributed by atoms with Crippen molar-refractivity contribution in [1.82, 2.24) is 0 Å². The van der Waals surface area contributed by atoms with Crippen molar-refractivity contribution in [2.24, 2.45) is 23.5 Å². The molecule has 0 saturated heterocycles. The molecule has 210 valence electrons. The van der Waals surface area contributed by atoms with Gasteiger partial charge in [-0.15, -0.1) is 0 Å². The number of carbonyl (C=O) groups is 4. The van der Waals surface area contributed by atoms with Gasteiger partial charge in [0.1, 0.15) is 17.4 Å². The standard InChI is InChI=1S/C30H27N3O8/c31-28(39)23-20(34)12-16-11-15-10-14-8-9-19(24(35)21(14)25(36)22(15)26(37)30(16,41)27(23)38)33-29(40)32-18-7-3-5-13-4-1-2-6-17(13)18/h1-9,15-16,20,23,34-36,41H,10-12H2,(H2,31,39)(H2,32,33,40)/t15-,16-,20?,23?,30-/m0/s1. The Morgan fingerprint density at radius 2 is 1.63 bits per heavy atom. The number of ketones is 2. The minimum absolute atomic E-state index is 0.0439. The monoisotopic (exact) mass is 557 g/mol. The van der Waals surface area contributed by atoms with E-state index >= 15 is 0 Å². The number of Topliss-reactive ketones (excluding diaryl/α,β-unsaturated/α-hetero) is 2. The van der Waals surface area contributed by atoms with Crippen LogP contribution in [0.4, 0.5) is 16.2 Å². The second kappa shape index (κ2) is 9.43. The Balaban J connectivity index is 1.32. The lowest BCUT2D eigenvalue weighted by Gasteiger charge is -2.48. The van der Waals surface area contributed by atoms with E-state index in [9.17, 15) is 39.6 Å². The van der Waals surface area contributed by atoms with Crippen molar-refractivity contribution in [3.8, 4) is 5.75 Å². The van der Waals surface area contributed by atoms with E-state index in [1.54, 1.807) is 18.2 Å². The summed E-state index contributed by atoms with van der Waals surface area (Å²) in [5, 5.41) is 51.1. The summed E-state index contributed by atoms with van der Waals surface area (Å²) in [7, 11) is 0. The molecule has 3 aromatic rings. The third kappa shape index (κ3) is 3.96. The minimum atomic E-state index is -2.65. The molecule has 0 heterocycles. The molecule has 0 spiro atoms. The van der Waals surface area contributed by atoms with E-state index in [1.807, 2.05) is 30.3 Å². The van der Waals surface area contributed by atoms with Gasteiger partial charge in [-0.25, -0.2) is 4.79 Å². The first-order chi connectivity index (χ1) is 19.5. The summed E-state index contributed by atoms with van der Waals surface area (Å²) in [4.78, 5) is 51.4. The number of aliphatic hydroxyl groups is 3. The van der Waals surface area contributed by atoms with Crippen LogP contribution in [0.25, 0.3) is 16.5 Å². The molecule has 2 unspecified atom stereocenters. The average Bonchev–Trinajstić information content (AvgIpc) is 2.92. The van der Waals surface area contributed by atoms with Crippen LogP contribution in [0.3, 0.4) is 0 Å². The largest absolute Gasteiger partial charge is 0.507 e. The van der Waals surface area contributed by atoms with Gasteiger partial charge in [0, 0.05) is 16.9 Å². The van der Waals surface area contributed by atoms with Gasteiger partial charge in [0.2, 0.25) is 11.7 Å². The zero-order valence-corrected chi connectivity index (χ0v) is 21.6. The molecular formula is C30H27N3O8. The highest BCUT2D eigenvalue weighted by atomic mass is 16.3. The van der Waals surface area contributed by atoms with Crippen molar-refractivity contribution in [1.29, 1.82) is 0 Å². The Kier molecular flexibility index (Phi) is 6.09. The molecule has 3 aliphatic rings. The van der Waals surface area contributed by atoms with E-state index in [0.717, 1.165) is 10.8 Å². The molecule has 11 heteroatoms. The van der Waals surface area contributed by atoms with Crippen molar-refractivity contribution in [3.63, 3.8) is 0 Å². The van der Waals surface area contributed by atoms with Crippen LogP contribution >= 0.6 is 0 Å². The van der Waals surface area contributed by atoms with Gasteiger partial charge in [-0.05, 0) is 48.3 Å². The normalized spacial score (nSPS) is 27.1. The van der Waals surface area contributed by atoms with E-state index < -0.39 is 64.5 Å². The Labute approximate surface area is 233 Å². The van der Waals surface area contributed by atoms with Crippen LogP contribution in [0, 0.1) is 17.8 Å². The fourth-order valence-electron chi connectivity index (χ4n) is 6.61. The molecule has 0 aromatic heterocycles. The summed E-state index contributed by atoms with van der Waals surface area (Å²) < 4.78 is 0. The summed E-state index contributed by atoms with van der Waals surface area (Å²) in [6.07, 6.45) is -1.37. The zero-order valence-electron chi connectivity index (χ0n) is 21.6. The summed E-state index contributed by atoms with van der Waals surface area (Å²) in [5.74, 6) is -7.93. The number of hydrogen-bond acceptors (Lipinski definition) is 8. The highest BCUT2D eigenvalue weighted by Crippen LogP contribution is 2.52. The molecule has 2 saturated carbocycles. The topological polar surface area (TPSA) is 199 Å². The lowest BCUT2D eigenvalue weighted by Crippen LogP contribution is -2.66. The maximum absolute atomic E-state index is 13.6. The number of anilines is 2. The molecule has 2 fully saturated rings. The van der Waals surface area contributed by atoms with Gasteiger partial charge in [-0.3, -0.25) is 14.4 Å². The van der Waals surface area contributed by atoms with Crippen LogP contribution in [-0.4, -0.2) is 55.6 Å². The van der Waals surface area contributed by atoms with Crippen molar-refractivity contribution in [2.75, 3.05) is 10.6 Å². The Morgan fingerprint density at radius 3 is 2.39 bits per heavy atom. The van der Waals surface area contributed by atoms with Gasteiger partial charge in [0.15, 0.2) is 11.4 Å². The first kappa shape index (κ1) is 26.5. The van der Waals surface area contributed by atoms with E-state index in [4.69, 9.17) is 5.73 Å². The third-order valence-electron chi connectivity index (χ3n) is 8.54. The third-order valence-corrected chi connectivity index (χ3v) is 8.54. The van der Waals surface area contributed by atoms with Gasteiger partial charge in [-0.2, -0.15) is 0 Å². The Bertz CT molecular complexity index is 1690. The number of benzene rings is 3. The van der Waals surface area contributed by atoms with Crippen molar-refractivity contribution >= 4 is 51.4 Å². The van der Waals surface area contributed by atoms with Gasteiger partial charge in [0.25, 0.3) is 0 Å². The number of nitrogens with one attached hydrogen (secondary N) is 2. The lowest BCUT2D eigenvalue weighted by atomic mass is 9.56. The van der Waals surface area contributed by atoms with Crippen LogP contribution in [0.1, 0.15) is 24.0 Å².